The molecule has 0 fully saturated rings. The molecule has 0 radical (unpaired) electrons. The van der Waals surface area contributed by atoms with Gasteiger partial charge in [0.1, 0.15) is 17.4 Å². The predicted molar refractivity (Wildman–Crippen MR) is 97.7 cm³/mol. The number of methoxy groups -OCH3 is 1. The van der Waals surface area contributed by atoms with Gasteiger partial charge in [0.15, 0.2) is 5.65 Å². The first-order chi connectivity index (χ1) is 12.3. The summed E-state index contributed by atoms with van der Waals surface area (Å²) in [6, 6.07) is 17.7. The van der Waals surface area contributed by atoms with Crippen LogP contribution in [-0.2, 0) is 0 Å². The highest BCUT2D eigenvalue weighted by atomic mass is 16.5. The van der Waals surface area contributed by atoms with E-state index < -0.39 is 0 Å². The van der Waals surface area contributed by atoms with Crippen LogP contribution in [0.25, 0.3) is 16.7 Å². The van der Waals surface area contributed by atoms with Crippen LogP contribution in [0.15, 0.2) is 60.8 Å². The van der Waals surface area contributed by atoms with E-state index in [0.717, 1.165) is 28.2 Å². The fraction of sp³-hybridized carbons (Fsp3) is 0.105. The number of benzene rings is 2. The molecular weight excluding hydrogens is 314 g/mol. The average Bonchev–Trinajstić information content (AvgIpc) is 3.07. The Kier molecular flexibility index (Phi) is 3.78. The Morgan fingerprint density at radius 2 is 1.72 bits per heavy atom. The normalized spacial score (nSPS) is 10.8. The molecule has 0 saturated heterocycles. The molecule has 0 unspecified atom stereocenters. The van der Waals surface area contributed by atoms with Gasteiger partial charge in [0.25, 0.3) is 0 Å². The smallest absolute Gasteiger partial charge is 0.168 e. The first-order valence-corrected chi connectivity index (χ1v) is 7.94. The second kappa shape index (κ2) is 6.24. The lowest BCUT2D eigenvalue weighted by molar-refractivity contribution is 0.417. The quantitative estimate of drug-likeness (QED) is 0.615. The fourth-order valence-corrected chi connectivity index (χ4v) is 2.75. The van der Waals surface area contributed by atoms with Crippen LogP contribution in [0.3, 0.4) is 0 Å². The molecule has 0 aliphatic carbocycles. The molecule has 4 rings (SSSR count). The molecule has 0 amide bonds. The van der Waals surface area contributed by atoms with Crippen LogP contribution >= 0.6 is 0 Å². The van der Waals surface area contributed by atoms with Crippen LogP contribution in [0, 0.1) is 6.92 Å². The van der Waals surface area contributed by atoms with E-state index >= 15 is 0 Å². The lowest BCUT2D eigenvalue weighted by Crippen LogP contribution is -2.02. The maximum atomic E-state index is 5.41. The molecule has 4 aromatic rings. The maximum Gasteiger partial charge on any atom is 0.168 e. The predicted octanol–water partition coefficient (Wildman–Crippen LogP) is 3.88. The molecule has 0 bridgehead atoms. The number of fused-ring (bicyclic) bond motifs is 1. The zero-order valence-corrected chi connectivity index (χ0v) is 14.0. The standard InChI is InChI=1S/C19H17N5O/c1-13-21-18(23-16-10-6-7-11-17(16)25-2)15-12-20-24(19(15)22-13)14-8-4-3-5-9-14/h3-12H,1-2H3,(H,21,22,23). The molecule has 0 spiro atoms. The molecule has 2 heterocycles. The summed E-state index contributed by atoms with van der Waals surface area (Å²) in [7, 11) is 1.65. The van der Waals surface area contributed by atoms with Crippen molar-refractivity contribution in [1.82, 2.24) is 19.7 Å². The number of hydrogen-bond donors (Lipinski definition) is 1. The molecule has 2 aromatic carbocycles. The number of nitrogens with zero attached hydrogens (tertiary/aromatic N) is 4. The average molecular weight is 331 g/mol. The molecule has 0 aliphatic heterocycles. The summed E-state index contributed by atoms with van der Waals surface area (Å²) in [6.45, 7) is 1.87. The largest absolute Gasteiger partial charge is 0.495 e. The number of hydrogen-bond acceptors (Lipinski definition) is 5. The summed E-state index contributed by atoms with van der Waals surface area (Å²) in [5.74, 6) is 2.12. The third-order valence-electron chi connectivity index (χ3n) is 3.90. The van der Waals surface area contributed by atoms with Crippen molar-refractivity contribution in [2.24, 2.45) is 0 Å². The molecule has 0 saturated carbocycles. The van der Waals surface area contributed by atoms with Gasteiger partial charge in [-0.15, -0.1) is 0 Å². The van der Waals surface area contributed by atoms with Gasteiger partial charge in [-0.1, -0.05) is 30.3 Å². The Balaban J connectivity index is 1.84. The van der Waals surface area contributed by atoms with Crippen molar-refractivity contribution in [3.8, 4) is 11.4 Å². The van der Waals surface area contributed by atoms with Crippen molar-refractivity contribution in [2.75, 3.05) is 12.4 Å². The fourth-order valence-electron chi connectivity index (χ4n) is 2.75. The van der Waals surface area contributed by atoms with E-state index in [9.17, 15) is 0 Å². The number of anilines is 2. The highest BCUT2D eigenvalue weighted by Gasteiger charge is 2.14. The van der Waals surface area contributed by atoms with Gasteiger partial charge in [0.05, 0.1) is 30.1 Å². The minimum Gasteiger partial charge on any atom is -0.495 e. The summed E-state index contributed by atoms with van der Waals surface area (Å²) >= 11 is 0. The van der Waals surface area contributed by atoms with Gasteiger partial charge in [0.2, 0.25) is 0 Å². The Hall–Kier alpha value is -3.41. The van der Waals surface area contributed by atoms with Gasteiger partial charge in [-0.25, -0.2) is 14.6 Å². The number of nitrogens with one attached hydrogen (secondary N) is 1. The van der Waals surface area contributed by atoms with Crippen LogP contribution in [0.2, 0.25) is 0 Å². The third kappa shape index (κ3) is 2.78. The van der Waals surface area contributed by atoms with E-state index in [4.69, 9.17) is 4.74 Å². The third-order valence-corrected chi connectivity index (χ3v) is 3.90. The van der Waals surface area contributed by atoms with Gasteiger partial charge < -0.3 is 10.1 Å². The van der Waals surface area contributed by atoms with Gasteiger partial charge in [-0.2, -0.15) is 5.10 Å². The van der Waals surface area contributed by atoms with Crippen LogP contribution in [0.5, 0.6) is 5.75 Å². The van der Waals surface area contributed by atoms with Crippen molar-refractivity contribution < 1.29 is 4.74 Å². The lowest BCUT2D eigenvalue weighted by Gasteiger charge is -2.11. The van der Waals surface area contributed by atoms with E-state index in [1.54, 1.807) is 13.3 Å². The van der Waals surface area contributed by atoms with Gasteiger partial charge in [0, 0.05) is 0 Å². The summed E-state index contributed by atoms with van der Waals surface area (Å²) in [5, 5.41) is 8.68. The molecule has 6 heteroatoms. The lowest BCUT2D eigenvalue weighted by atomic mass is 10.2. The van der Waals surface area contributed by atoms with Crippen LogP contribution in [0.1, 0.15) is 5.82 Å². The molecule has 0 aliphatic rings. The van der Waals surface area contributed by atoms with E-state index in [-0.39, 0.29) is 0 Å². The van der Waals surface area contributed by atoms with E-state index in [1.165, 1.54) is 0 Å². The zero-order chi connectivity index (χ0) is 17.2. The number of para-hydroxylation sites is 3. The molecule has 25 heavy (non-hydrogen) atoms. The topological polar surface area (TPSA) is 64.9 Å². The first-order valence-electron chi connectivity index (χ1n) is 7.94. The highest BCUT2D eigenvalue weighted by molar-refractivity contribution is 5.90. The highest BCUT2D eigenvalue weighted by Crippen LogP contribution is 2.30. The van der Waals surface area contributed by atoms with Crippen LogP contribution < -0.4 is 10.1 Å². The molecule has 124 valence electrons. The summed E-state index contributed by atoms with van der Waals surface area (Å²) in [6.07, 6.45) is 1.78. The summed E-state index contributed by atoms with van der Waals surface area (Å²) in [4.78, 5) is 9.12. The SMILES string of the molecule is COc1ccccc1Nc1nc(C)nc2c1cnn2-c1ccccc1. The minimum absolute atomic E-state index is 0.669. The van der Waals surface area contributed by atoms with Crippen molar-refractivity contribution in [1.29, 1.82) is 0 Å². The Labute approximate surface area is 145 Å². The Morgan fingerprint density at radius 3 is 2.52 bits per heavy atom. The number of aryl methyl sites for hydroxylation is 1. The van der Waals surface area contributed by atoms with Crippen molar-refractivity contribution in [2.45, 2.75) is 6.92 Å². The first kappa shape index (κ1) is 15.1. The van der Waals surface area contributed by atoms with Crippen LogP contribution in [0.4, 0.5) is 11.5 Å². The molecule has 2 aromatic heterocycles. The van der Waals surface area contributed by atoms with E-state index in [0.29, 0.717) is 11.6 Å². The molecule has 6 nitrogen and oxygen atoms in total. The van der Waals surface area contributed by atoms with E-state index in [1.807, 2.05) is 66.2 Å². The van der Waals surface area contributed by atoms with Crippen molar-refractivity contribution in [3.63, 3.8) is 0 Å². The second-order valence-electron chi connectivity index (χ2n) is 5.57. The number of ether oxygens (including phenoxy) is 1. The zero-order valence-electron chi connectivity index (χ0n) is 14.0. The summed E-state index contributed by atoms with van der Waals surface area (Å²) in [5.41, 5.74) is 2.56. The minimum atomic E-state index is 0.669. The van der Waals surface area contributed by atoms with Crippen LogP contribution in [-0.4, -0.2) is 26.9 Å². The molecule has 0 atom stereocenters. The van der Waals surface area contributed by atoms with Crippen molar-refractivity contribution >= 4 is 22.5 Å². The van der Waals surface area contributed by atoms with Crippen molar-refractivity contribution in [3.05, 3.63) is 66.6 Å². The molecule has 1 N–H and O–H groups in total. The number of rotatable bonds is 4. The maximum absolute atomic E-state index is 5.41. The monoisotopic (exact) mass is 331 g/mol. The summed E-state index contributed by atoms with van der Waals surface area (Å²) < 4.78 is 7.22. The van der Waals surface area contributed by atoms with Gasteiger partial charge >= 0.3 is 0 Å². The Bertz CT molecular complexity index is 1030. The number of aromatic nitrogens is 4. The van der Waals surface area contributed by atoms with Gasteiger partial charge in [-0.3, -0.25) is 0 Å². The second-order valence-corrected chi connectivity index (χ2v) is 5.57. The van der Waals surface area contributed by atoms with E-state index in [2.05, 4.69) is 20.4 Å². The Morgan fingerprint density at radius 1 is 0.960 bits per heavy atom. The van der Waals surface area contributed by atoms with Gasteiger partial charge in [-0.05, 0) is 31.2 Å². The molecular formula is C19H17N5O.